The molecular formula is C14H16N2O3. The van der Waals surface area contributed by atoms with Crippen LogP contribution >= 0.6 is 0 Å². The normalized spacial score (nSPS) is 16.7. The smallest absolute Gasteiger partial charge is 0.328 e. The van der Waals surface area contributed by atoms with Gasteiger partial charge in [-0.25, -0.2) is 4.79 Å². The Morgan fingerprint density at radius 1 is 1.26 bits per heavy atom. The number of aromatic nitrogens is 2. The molecule has 1 saturated carbocycles. The van der Waals surface area contributed by atoms with Gasteiger partial charge in [-0.15, -0.1) is 0 Å². The summed E-state index contributed by atoms with van der Waals surface area (Å²) in [6.07, 6.45) is 1.98. The molecule has 3 rings (SSSR count). The van der Waals surface area contributed by atoms with Crippen molar-refractivity contribution in [2.24, 2.45) is 14.1 Å². The lowest BCUT2D eigenvalue weighted by molar-refractivity contribution is -0.137. The van der Waals surface area contributed by atoms with Crippen LogP contribution in [0.5, 0.6) is 0 Å². The number of carboxylic acids is 1. The molecule has 100 valence electrons. The SMILES string of the molecule is Cn1c(=O)n(C)c2cc(C3(CC(=O)O)CC3)ccc21. The van der Waals surface area contributed by atoms with Gasteiger partial charge in [0.2, 0.25) is 0 Å². The van der Waals surface area contributed by atoms with Gasteiger partial charge in [-0.3, -0.25) is 13.9 Å². The number of imidazole rings is 1. The van der Waals surface area contributed by atoms with Crippen LogP contribution in [0.1, 0.15) is 24.8 Å². The van der Waals surface area contributed by atoms with Crippen LogP contribution in [0.4, 0.5) is 0 Å². The van der Waals surface area contributed by atoms with Crippen LogP contribution in [0.2, 0.25) is 0 Å². The van der Waals surface area contributed by atoms with Crippen molar-refractivity contribution in [1.29, 1.82) is 0 Å². The van der Waals surface area contributed by atoms with Crippen molar-refractivity contribution >= 4 is 17.0 Å². The number of aliphatic carboxylic acids is 1. The Labute approximate surface area is 110 Å². The number of aryl methyl sites for hydroxylation is 2. The van der Waals surface area contributed by atoms with Gasteiger partial charge >= 0.3 is 11.7 Å². The maximum atomic E-state index is 11.9. The van der Waals surface area contributed by atoms with Crippen LogP contribution in [0.25, 0.3) is 11.0 Å². The zero-order valence-corrected chi connectivity index (χ0v) is 11.0. The highest BCUT2D eigenvalue weighted by Crippen LogP contribution is 2.51. The molecule has 1 aliphatic carbocycles. The van der Waals surface area contributed by atoms with Crippen LogP contribution in [0, 0.1) is 0 Å². The molecule has 1 heterocycles. The maximum Gasteiger partial charge on any atom is 0.328 e. The molecule has 2 aromatic rings. The van der Waals surface area contributed by atoms with Gasteiger partial charge < -0.3 is 5.11 Å². The molecule has 0 spiro atoms. The molecule has 0 amide bonds. The predicted octanol–water partition coefficient (Wildman–Crippen LogP) is 1.38. The molecule has 1 aliphatic rings. The summed E-state index contributed by atoms with van der Waals surface area (Å²) in [5.74, 6) is -0.764. The molecule has 0 bridgehead atoms. The summed E-state index contributed by atoms with van der Waals surface area (Å²) in [7, 11) is 3.49. The molecule has 0 saturated heterocycles. The fourth-order valence-corrected chi connectivity index (χ4v) is 2.84. The molecule has 0 aliphatic heterocycles. The van der Waals surface area contributed by atoms with E-state index >= 15 is 0 Å². The first-order valence-electron chi connectivity index (χ1n) is 6.32. The zero-order valence-electron chi connectivity index (χ0n) is 11.0. The van der Waals surface area contributed by atoms with Crippen molar-refractivity contribution < 1.29 is 9.90 Å². The Hall–Kier alpha value is -2.04. The van der Waals surface area contributed by atoms with E-state index in [1.165, 1.54) is 0 Å². The summed E-state index contributed by atoms with van der Waals surface area (Å²) >= 11 is 0. The van der Waals surface area contributed by atoms with Gasteiger partial charge in [0.15, 0.2) is 0 Å². The van der Waals surface area contributed by atoms with E-state index in [0.717, 1.165) is 29.4 Å². The second-order valence-corrected chi connectivity index (χ2v) is 5.45. The van der Waals surface area contributed by atoms with Crippen molar-refractivity contribution in [3.63, 3.8) is 0 Å². The third-order valence-corrected chi connectivity index (χ3v) is 4.23. The van der Waals surface area contributed by atoms with Gasteiger partial charge in [0.25, 0.3) is 0 Å². The summed E-state index contributed by atoms with van der Waals surface area (Å²) in [6.45, 7) is 0. The van der Waals surface area contributed by atoms with Crippen LogP contribution in [-0.4, -0.2) is 20.2 Å². The van der Waals surface area contributed by atoms with Crippen LogP contribution in [0.3, 0.4) is 0 Å². The van der Waals surface area contributed by atoms with E-state index in [1.807, 2.05) is 18.2 Å². The van der Waals surface area contributed by atoms with Crippen LogP contribution in [0.15, 0.2) is 23.0 Å². The van der Waals surface area contributed by atoms with Crippen LogP contribution in [-0.2, 0) is 24.3 Å². The number of carboxylic acid groups (broad SMARTS) is 1. The lowest BCUT2D eigenvalue weighted by atomic mass is 9.92. The van der Waals surface area contributed by atoms with Gasteiger partial charge in [-0.05, 0) is 30.5 Å². The average Bonchev–Trinajstić information content (AvgIpc) is 3.11. The number of fused-ring (bicyclic) bond motifs is 1. The molecule has 1 fully saturated rings. The van der Waals surface area contributed by atoms with Crippen LogP contribution < -0.4 is 5.69 Å². The van der Waals surface area contributed by atoms with E-state index < -0.39 is 5.97 Å². The van der Waals surface area contributed by atoms with Crippen molar-refractivity contribution in [3.05, 3.63) is 34.2 Å². The number of hydrogen-bond donors (Lipinski definition) is 1. The summed E-state index contributed by atoms with van der Waals surface area (Å²) in [4.78, 5) is 22.8. The average molecular weight is 260 g/mol. The molecule has 5 nitrogen and oxygen atoms in total. The Morgan fingerprint density at radius 2 is 1.89 bits per heavy atom. The molecule has 0 unspecified atom stereocenters. The first kappa shape index (κ1) is 12.0. The molecule has 19 heavy (non-hydrogen) atoms. The Morgan fingerprint density at radius 3 is 2.47 bits per heavy atom. The van der Waals surface area contributed by atoms with Crippen molar-refractivity contribution in [3.8, 4) is 0 Å². The molecule has 1 N–H and O–H groups in total. The number of carbonyl (C=O) groups is 1. The van der Waals surface area contributed by atoms with E-state index in [0.29, 0.717) is 0 Å². The number of nitrogens with zero attached hydrogens (tertiary/aromatic N) is 2. The van der Waals surface area contributed by atoms with E-state index in [9.17, 15) is 9.59 Å². The topological polar surface area (TPSA) is 64.2 Å². The van der Waals surface area contributed by atoms with E-state index in [4.69, 9.17) is 5.11 Å². The third-order valence-electron chi connectivity index (χ3n) is 4.23. The molecule has 0 radical (unpaired) electrons. The minimum absolute atomic E-state index is 0.0600. The lowest BCUT2D eigenvalue weighted by Gasteiger charge is -2.13. The molecule has 5 heteroatoms. The molecule has 1 aromatic carbocycles. The Bertz CT molecular complexity index is 735. The number of hydrogen-bond acceptors (Lipinski definition) is 2. The second-order valence-electron chi connectivity index (χ2n) is 5.45. The van der Waals surface area contributed by atoms with E-state index in [-0.39, 0.29) is 17.5 Å². The highest BCUT2D eigenvalue weighted by molar-refractivity contribution is 5.78. The summed E-state index contributed by atoms with van der Waals surface area (Å²) < 4.78 is 3.21. The van der Waals surface area contributed by atoms with Crippen molar-refractivity contribution in [1.82, 2.24) is 9.13 Å². The molecule has 0 atom stereocenters. The van der Waals surface area contributed by atoms with E-state index in [2.05, 4.69) is 0 Å². The minimum atomic E-state index is -0.764. The fraction of sp³-hybridized carbons (Fsp3) is 0.429. The minimum Gasteiger partial charge on any atom is -0.481 e. The second kappa shape index (κ2) is 3.73. The zero-order chi connectivity index (χ0) is 13.8. The summed E-state index contributed by atoms with van der Waals surface area (Å²) in [5, 5.41) is 9.01. The van der Waals surface area contributed by atoms with Gasteiger partial charge in [0.1, 0.15) is 0 Å². The van der Waals surface area contributed by atoms with Crippen molar-refractivity contribution in [2.75, 3.05) is 0 Å². The first-order chi connectivity index (χ1) is 8.94. The highest BCUT2D eigenvalue weighted by Gasteiger charge is 2.46. The summed E-state index contributed by atoms with van der Waals surface area (Å²) in [5.41, 5.74) is 2.49. The standard InChI is InChI=1S/C14H16N2O3/c1-15-10-4-3-9(7-11(10)16(2)13(15)19)14(5-6-14)8-12(17)18/h3-4,7H,5-6,8H2,1-2H3,(H,17,18). The largest absolute Gasteiger partial charge is 0.481 e. The van der Waals surface area contributed by atoms with Crippen molar-refractivity contribution in [2.45, 2.75) is 24.7 Å². The lowest BCUT2D eigenvalue weighted by Crippen LogP contribution is -2.19. The highest BCUT2D eigenvalue weighted by atomic mass is 16.4. The first-order valence-corrected chi connectivity index (χ1v) is 6.32. The maximum absolute atomic E-state index is 11.9. The third kappa shape index (κ3) is 1.69. The number of rotatable bonds is 3. The van der Waals surface area contributed by atoms with Gasteiger partial charge in [-0.1, -0.05) is 6.07 Å². The predicted molar refractivity (Wildman–Crippen MR) is 71.3 cm³/mol. The fourth-order valence-electron chi connectivity index (χ4n) is 2.84. The molecule has 1 aromatic heterocycles. The Kier molecular flexibility index (Phi) is 2.36. The Balaban J connectivity index is 2.15. The quantitative estimate of drug-likeness (QED) is 0.906. The molecular weight excluding hydrogens is 244 g/mol. The summed E-state index contributed by atoms with van der Waals surface area (Å²) in [6, 6.07) is 5.83. The van der Waals surface area contributed by atoms with E-state index in [1.54, 1.807) is 23.2 Å². The van der Waals surface area contributed by atoms with Gasteiger partial charge in [-0.2, -0.15) is 0 Å². The monoisotopic (exact) mass is 260 g/mol. The van der Waals surface area contributed by atoms with Gasteiger partial charge in [0, 0.05) is 19.5 Å². The van der Waals surface area contributed by atoms with Gasteiger partial charge in [0.05, 0.1) is 17.5 Å². The number of benzene rings is 1.